The fourth-order valence-corrected chi connectivity index (χ4v) is 4.13. The van der Waals surface area contributed by atoms with Crippen molar-refractivity contribution >= 4 is 29.1 Å². The van der Waals surface area contributed by atoms with Crippen molar-refractivity contribution in [3.8, 4) is 22.6 Å². The van der Waals surface area contributed by atoms with Crippen LogP contribution in [-0.2, 0) is 5.75 Å². The maximum Gasteiger partial charge on any atom is 0.335 e. The zero-order chi connectivity index (χ0) is 25.1. The van der Waals surface area contributed by atoms with Gasteiger partial charge in [-0.3, -0.25) is 9.89 Å². The lowest BCUT2D eigenvalue weighted by Gasteiger charge is -2.07. The molecule has 3 aromatic carbocycles. The highest BCUT2D eigenvalue weighted by molar-refractivity contribution is 7.97. The van der Waals surface area contributed by atoms with Crippen LogP contribution in [0.25, 0.3) is 16.8 Å². The molecule has 0 aliphatic carbocycles. The van der Waals surface area contributed by atoms with E-state index in [4.69, 9.17) is 0 Å². The van der Waals surface area contributed by atoms with Crippen molar-refractivity contribution in [1.82, 2.24) is 9.78 Å². The van der Waals surface area contributed by atoms with E-state index in [0.717, 1.165) is 11.1 Å². The minimum Gasteiger partial charge on any atom is -0.505 e. The Hall–Kier alpha value is -4.11. The number of nitrogens with zero attached hydrogens (tertiary/aromatic N) is 3. The van der Waals surface area contributed by atoms with Crippen molar-refractivity contribution in [3.63, 3.8) is 0 Å². The number of azo groups is 1. The van der Waals surface area contributed by atoms with Crippen LogP contribution in [0, 0.1) is 13.8 Å². The van der Waals surface area contributed by atoms with Gasteiger partial charge in [-0.05, 0) is 67.1 Å². The summed E-state index contributed by atoms with van der Waals surface area (Å²) in [5.74, 6) is -0.693. The lowest BCUT2D eigenvalue weighted by molar-refractivity contribution is 0.0697. The van der Waals surface area contributed by atoms with Crippen LogP contribution in [0.5, 0.6) is 5.75 Å². The first-order valence-electron chi connectivity index (χ1n) is 10.8. The normalized spacial score (nSPS) is 11.3. The largest absolute Gasteiger partial charge is 0.505 e. The molecule has 0 radical (unpaired) electrons. The van der Waals surface area contributed by atoms with Crippen LogP contribution in [0.4, 0.5) is 11.4 Å². The van der Waals surface area contributed by atoms with Gasteiger partial charge in [-0.2, -0.15) is 11.8 Å². The first-order valence-corrected chi connectivity index (χ1v) is 12.2. The first kappa shape index (κ1) is 24.0. The first-order chi connectivity index (χ1) is 16.8. The average molecular weight is 489 g/mol. The molecule has 0 fully saturated rings. The summed E-state index contributed by atoms with van der Waals surface area (Å²) in [5, 5.41) is 31.6. The van der Waals surface area contributed by atoms with Crippen molar-refractivity contribution in [1.29, 1.82) is 0 Å². The third kappa shape index (κ3) is 4.90. The number of rotatable bonds is 7. The van der Waals surface area contributed by atoms with Crippen LogP contribution in [0.1, 0.15) is 27.2 Å². The van der Waals surface area contributed by atoms with Gasteiger partial charge in [-0.25, -0.2) is 9.48 Å². The minimum atomic E-state index is -1.06. The smallest absolute Gasteiger partial charge is 0.335 e. The molecule has 1 aromatic heterocycles. The lowest BCUT2D eigenvalue weighted by atomic mass is 10.0. The van der Waals surface area contributed by atoms with Gasteiger partial charge in [0.1, 0.15) is 5.69 Å². The standard InChI is InChI=1S/C26H24N4O4S/c1-15-10-11-19(12-16(15)2)30-25(32)23(22(29-30)14-35-3)28-27-21-9-5-8-20(24(21)31)17-6-4-7-18(13-17)26(33)34/h4-13,29,31H,14H2,1-3H3,(H,33,34). The van der Waals surface area contributed by atoms with Crippen molar-refractivity contribution in [2.75, 3.05) is 6.26 Å². The number of para-hydroxylation sites is 1. The maximum atomic E-state index is 13.2. The van der Waals surface area contributed by atoms with Crippen molar-refractivity contribution in [2.45, 2.75) is 19.6 Å². The number of phenols is 1. The summed E-state index contributed by atoms with van der Waals surface area (Å²) in [7, 11) is 0. The summed E-state index contributed by atoms with van der Waals surface area (Å²) >= 11 is 1.54. The Morgan fingerprint density at radius 3 is 2.51 bits per heavy atom. The van der Waals surface area contributed by atoms with Crippen LogP contribution >= 0.6 is 11.8 Å². The number of phenolic OH excluding ortho intramolecular Hbond substituents is 1. The molecular weight excluding hydrogens is 464 g/mol. The number of carboxylic acid groups (broad SMARTS) is 1. The molecule has 35 heavy (non-hydrogen) atoms. The molecule has 0 aliphatic heterocycles. The van der Waals surface area contributed by atoms with E-state index in [-0.39, 0.29) is 28.2 Å². The van der Waals surface area contributed by atoms with Crippen LogP contribution in [-0.4, -0.2) is 32.2 Å². The van der Waals surface area contributed by atoms with Gasteiger partial charge in [-0.15, -0.1) is 10.2 Å². The molecule has 0 saturated carbocycles. The molecule has 0 spiro atoms. The van der Waals surface area contributed by atoms with Gasteiger partial charge in [0, 0.05) is 11.3 Å². The Labute approximate surface area is 206 Å². The molecule has 178 valence electrons. The predicted octanol–water partition coefficient (Wildman–Crippen LogP) is 6.13. The average Bonchev–Trinajstić information content (AvgIpc) is 3.15. The van der Waals surface area contributed by atoms with E-state index in [9.17, 15) is 19.8 Å². The van der Waals surface area contributed by atoms with E-state index in [1.807, 2.05) is 38.3 Å². The van der Waals surface area contributed by atoms with Gasteiger partial charge >= 0.3 is 5.97 Å². The monoisotopic (exact) mass is 488 g/mol. The molecular formula is C26H24N4O4S. The predicted molar refractivity (Wildman–Crippen MR) is 138 cm³/mol. The van der Waals surface area contributed by atoms with Gasteiger partial charge < -0.3 is 10.2 Å². The van der Waals surface area contributed by atoms with E-state index in [1.54, 1.807) is 30.3 Å². The zero-order valence-electron chi connectivity index (χ0n) is 19.4. The Morgan fingerprint density at radius 1 is 1.03 bits per heavy atom. The fourth-order valence-electron chi connectivity index (χ4n) is 3.64. The number of H-pyrrole nitrogens is 1. The molecule has 0 atom stereocenters. The third-order valence-corrected chi connectivity index (χ3v) is 6.25. The number of aromatic hydroxyl groups is 1. The Morgan fingerprint density at radius 2 is 1.80 bits per heavy atom. The number of hydrogen-bond acceptors (Lipinski definition) is 6. The Kier molecular flexibility index (Phi) is 6.88. The Bertz CT molecular complexity index is 1500. The second kappa shape index (κ2) is 10.0. The van der Waals surface area contributed by atoms with E-state index in [1.165, 1.54) is 28.6 Å². The lowest BCUT2D eigenvalue weighted by Crippen LogP contribution is -2.14. The summed E-state index contributed by atoms with van der Waals surface area (Å²) in [6, 6.07) is 16.9. The third-order valence-electron chi connectivity index (χ3n) is 5.67. The number of benzene rings is 3. The number of aromatic carboxylic acids is 1. The highest BCUT2D eigenvalue weighted by Crippen LogP contribution is 2.38. The van der Waals surface area contributed by atoms with Gasteiger partial charge in [0.05, 0.1) is 16.9 Å². The van der Waals surface area contributed by atoms with Crippen molar-refractivity contribution in [3.05, 3.63) is 93.4 Å². The number of thioether (sulfide) groups is 1. The molecule has 8 nitrogen and oxygen atoms in total. The van der Waals surface area contributed by atoms with Crippen molar-refractivity contribution < 1.29 is 15.0 Å². The molecule has 0 bridgehead atoms. The topological polar surface area (TPSA) is 120 Å². The van der Waals surface area contributed by atoms with Gasteiger partial charge in [0.15, 0.2) is 11.4 Å². The van der Waals surface area contributed by atoms with Gasteiger partial charge in [0.2, 0.25) is 0 Å². The summed E-state index contributed by atoms with van der Waals surface area (Å²) in [6.45, 7) is 3.99. The van der Waals surface area contributed by atoms with Gasteiger partial charge in [0.25, 0.3) is 5.56 Å². The van der Waals surface area contributed by atoms with Crippen LogP contribution in [0.15, 0.2) is 75.7 Å². The number of aromatic nitrogens is 2. The summed E-state index contributed by atoms with van der Waals surface area (Å²) in [4.78, 5) is 24.5. The van der Waals surface area contributed by atoms with E-state index in [2.05, 4.69) is 15.3 Å². The molecule has 0 aliphatic rings. The number of carboxylic acids is 1. The fraction of sp³-hybridized carbons (Fsp3) is 0.154. The number of hydrogen-bond donors (Lipinski definition) is 3. The molecule has 3 N–H and O–H groups in total. The van der Waals surface area contributed by atoms with E-state index in [0.29, 0.717) is 28.3 Å². The molecule has 0 amide bonds. The quantitative estimate of drug-likeness (QED) is 0.270. The number of carbonyl (C=O) groups is 1. The SMILES string of the molecule is CSCc1[nH]n(-c2ccc(C)c(C)c2)c(=O)c1N=Nc1cccc(-c2cccc(C(=O)O)c2)c1O. The number of nitrogens with one attached hydrogen (secondary N) is 1. The zero-order valence-corrected chi connectivity index (χ0v) is 20.3. The van der Waals surface area contributed by atoms with E-state index < -0.39 is 5.97 Å². The second-order valence-electron chi connectivity index (χ2n) is 8.04. The molecule has 0 unspecified atom stereocenters. The van der Waals surface area contributed by atoms with Gasteiger partial charge in [-0.1, -0.05) is 30.3 Å². The van der Waals surface area contributed by atoms with E-state index >= 15 is 0 Å². The minimum absolute atomic E-state index is 0.106. The maximum absolute atomic E-state index is 13.2. The van der Waals surface area contributed by atoms with Crippen LogP contribution in [0.2, 0.25) is 0 Å². The van der Waals surface area contributed by atoms with Crippen LogP contribution in [0.3, 0.4) is 0 Å². The van der Waals surface area contributed by atoms with Crippen molar-refractivity contribution in [2.24, 2.45) is 10.2 Å². The molecule has 9 heteroatoms. The highest BCUT2D eigenvalue weighted by Gasteiger charge is 2.16. The molecule has 0 saturated heterocycles. The highest BCUT2D eigenvalue weighted by atomic mass is 32.2. The molecule has 4 rings (SSSR count). The van der Waals surface area contributed by atoms with Crippen LogP contribution < -0.4 is 5.56 Å². The summed E-state index contributed by atoms with van der Waals surface area (Å²) < 4.78 is 1.44. The molecule has 4 aromatic rings. The summed E-state index contributed by atoms with van der Waals surface area (Å²) in [6.07, 6.45) is 1.92. The Balaban J connectivity index is 1.75. The number of aryl methyl sites for hydroxylation is 2. The summed E-state index contributed by atoms with van der Waals surface area (Å²) in [5.41, 5.74) is 4.54. The number of aromatic amines is 1. The molecule has 1 heterocycles. The second-order valence-corrected chi connectivity index (χ2v) is 8.91.